The molecule has 1 aliphatic heterocycles. The summed E-state index contributed by atoms with van der Waals surface area (Å²) in [6.07, 6.45) is 4.46. The van der Waals surface area contributed by atoms with E-state index in [2.05, 4.69) is 26.6 Å². The zero-order valence-electron chi connectivity index (χ0n) is 11.3. The second-order valence-corrected chi connectivity index (χ2v) is 5.96. The third-order valence-corrected chi connectivity index (χ3v) is 4.33. The van der Waals surface area contributed by atoms with E-state index in [1.807, 2.05) is 31.2 Å². The maximum atomic E-state index is 12.3. The second-order valence-electron chi connectivity index (χ2n) is 5.11. The summed E-state index contributed by atoms with van der Waals surface area (Å²) in [4.78, 5) is 12.3. The van der Waals surface area contributed by atoms with Crippen molar-refractivity contribution in [2.75, 3.05) is 6.54 Å². The third kappa shape index (κ3) is 4.05. The van der Waals surface area contributed by atoms with Crippen molar-refractivity contribution in [1.29, 1.82) is 0 Å². The molecule has 1 aromatic rings. The number of carbonyl (C=O) groups is 1. The Morgan fingerprint density at radius 2 is 2.16 bits per heavy atom. The Balaban J connectivity index is 1.96. The van der Waals surface area contributed by atoms with Gasteiger partial charge in [-0.05, 0) is 37.9 Å². The molecule has 3 nitrogen and oxygen atoms in total. The Bertz CT molecular complexity index is 428. The molecule has 1 amide bonds. The van der Waals surface area contributed by atoms with Crippen LogP contribution in [0.5, 0.6) is 0 Å². The van der Waals surface area contributed by atoms with Crippen LogP contribution in [0, 0.1) is 0 Å². The molecular weight excluding hydrogens is 304 g/mol. The fraction of sp³-hybridized carbons (Fsp3) is 0.533. The highest BCUT2D eigenvalue weighted by atomic mass is 79.9. The molecule has 2 N–H and O–H groups in total. The van der Waals surface area contributed by atoms with Crippen LogP contribution in [0.3, 0.4) is 0 Å². The molecule has 0 aliphatic carbocycles. The van der Waals surface area contributed by atoms with Crippen molar-refractivity contribution in [1.82, 2.24) is 10.6 Å². The monoisotopic (exact) mass is 324 g/mol. The molecule has 0 saturated carbocycles. The molecule has 1 fully saturated rings. The van der Waals surface area contributed by atoms with Crippen LogP contribution in [-0.4, -0.2) is 18.5 Å². The molecule has 1 aliphatic rings. The van der Waals surface area contributed by atoms with Crippen molar-refractivity contribution in [2.45, 2.75) is 44.7 Å². The molecule has 2 atom stereocenters. The maximum Gasteiger partial charge on any atom is 0.237 e. The number of carbonyl (C=O) groups excluding carboxylic acids is 1. The van der Waals surface area contributed by atoms with Crippen LogP contribution in [0.2, 0.25) is 0 Å². The fourth-order valence-electron chi connectivity index (χ4n) is 2.47. The molecule has 2 rings (SSSR count). The van der Waals surface area contributed by atoms with Crippen LogP contribution < -0.4 is 10.6 Å². The van der Waals surface area contributed by atoms with Crippen molar-refractivity contribution in [3.05, 3.63) is 34.3 Å². The van der Waals surface area contributed by atoms with Gasteiger partial charge in [-0.2, -0.15) is 0 Å². The Kier molecular flexibility index (Phi) is 5.40. The minimum atomic E-state index is -0.0348. The molecule has 0 spiro atoms. The van der Waals surface area contributed by atoms with Gasteiger partial charge in [0.25, 0.3) is 0 Å². The molecule has 1 unspecified atom stereocenters. The van der Waals surface area contributed by atoms with Gasteiger partial charge in [-0.25, -0.2) is 0 Å². The first-order valence-electron chi connectivity index (χ1n) is 6.96. The van der Waals surface area contributed by atoms with E-state index in [-0.39, 0.29) is 18.0 Å². The van der Waals surface area contributed by atoms with Crippen LogP contribution in [0.25, 0.3) is 0 Å². The summed E-state index contributed by atoms with van der Waals surface area (Å²) >= 11 is 3.53. The van der Waals surface area contributed by atoms with Gasteiger partial charge in [-0.3, -0.25) is 4.79 Å². The molecule has 1 aromatic carbocycles. The van der Waals surface area contributed by atoms with Crippen molar-refractivity contribution in [2.24, 2.45) is 0 Å². The number of hydrogen-bond acceptors (Lipinski definition) is 2. The van der Waals surface area contributed by atoms with Crippen molar-refractivity contribution in [3.8, 4) is 0 Å². The maximum absolute atomic E-state index is 12.3. The fourth-order valence-corrected chi connectivity index (χ4v) is 3.10. The lowest BCUT2D eigenvalue weighted by molar-refractivity contribution is -0.123. The third-order valence-electron chi connectivity index (χ3n) is 3.61. The molecule has 104 valence electrons. The van der Waals surface area contributed by atoms with Crippen molar-refractivity contribution in [3.63, 3.8) is 0 Å². The number of benzene rings is 1. The molecule has 1 saturated heterocycles. The highest BCUT2D eigenvalue weighted by Gasteiger charge is 2.21. The molecule has 0 bridgehead atoms. The van der Waals surface area contributed by atoms with Crippen LogP contribution in [0.15, 0.2) is 28.7 Å². The van der Waals surface area contributed by atoms with Crippen LogP contribution in [0.4, 0.5) is 0 Å². The normalized spacial score (nSPS) is 21.5. The van der Waals surface area contributed by atoms with Crippen molar-refractivity contribution >= 4 is 21.8 Å². The van der Waals surface area contributed by atoms with Crippen molar-refractivity contribution < 1.29 is 4.79 Å². The summed E-state index contributed by atoms with van der Waals surface area (Å²) in [6.45, 7) is 2.97. The second kappa shape index (κ2) is 7.06. The lowest BCUT2D eigenvalue weighted by Gasteiger charge is -2.20. The molecule has 4 heteroatoms. The summed E-state index contributed by atoms with van der Waals surface area (Å²) < 4.78 is 1.04. The molecule has 0 radical (unpaired) electrons. The summed E-state index contributed by atoms with van der Waals surface area (Å²) in [7, 11) is 0. The van der Waals surface area contributed by atoms with E-state index < -0.39 is 0 Å². The van der Waals surface area contributed by atoms with E-state index in [0.717, 1.165) is 29.4 Å². The van der Waals surface area contributed by atoms with Gasteiger partial charge >= 0.3 is 0 Å². The number of rotatable bonds is 3. The van der Waals surface area contributed by atoms with Crippen LogP contribution in [-0.2, 0) is 4.79 Å². The first-order chi connectivity index (χ1) is 9.18. The average Bonchev–Trinajstić information content (AvgIpc) is 2.68. The van der Waals surface area contributed by atoms with E-state index in [1.165, 1.54) is 12.8 Å². The van der Waals surface area contributed by atoms with Gasteiger partial charge in [0.15, 0.2) is 0 Å². The summed E-state index contributed by atoms with van der Waals surface area (Å²) in [5, 5.41) is 6.43. The summed E-state index contributed by atoms with van der Waals surface area (Å²) in [6, 6.07) is 8.00. The highest BCUT2D eigenvalue weighted by molar-refractivity contribution is 9.10. The minimum absolute atomic E-state index is 0.0214. The Labute approximate surface area is 123 Å². The lowest BCUT2D eigenvalue weighted by Crippen LogP contribution is -2.44. The SMILES string of the molecule is C[C@@H](NC(=O)C1CCCCCN1)c1ccccc1Br. The summed E-state index contributed by atoms with van der Waals surface area (Å²) in [5.41, 5.74) is 1.12. The number of halogens is 1. The van der Waals surface area contributed by atoms with Gasteiger partial charge < -0.3 is 10.6 Å². The average molecular weight is 325 g/mol. The van der Waals surface area contributed by atoms with Gasteiger partial charge in [0.1, 0.15) is 0 Å². The molecule has 0 aromatic heterocycles. The first kappa shape index (κ1) is 14.5. The number of hydrogen-bond donors (Lipinski definition) is 2. The Hall–Kier alpha value is -0.870. The first-order valence-corrected chi connectivity index (χ1v) is 7.76. The van der Waals surface area contributed by atoms with Crippen LogP contribution >= 0.6 is 15.9 Å². The van der Waals surface area contributed by atoms with E-state index >= 15 is 0 Å². The largest absolute Gasteiger partial charge is 0.348 e. The quantitative estimate of drug-likeness (QED) is 0.896. The summed E-state index contributed by atoms with van der Waals surface area (Å²) in [5.74, 6) is 0.116. The highest BCUT2D eigenvalue weighted by Crippen LogP contribution is 2.23. The zero-order chi connectivity index (χ0) is 13.7. The molecular formula is C15H21BrN2O. The minimum Gasteiger partial charge on any atom is -0.348 e. The van der Waals surface area contributed by atoms with Gasteiger partial charge in [0, 0.05) is 4.47 Å². The predicted octanol–water partition coefficient (Wildman–Crippen LogP) is 3.16. The van der Waals surface area contributed by atoms with E-state index in [4.69, 9.17) is 0 Å². The Morgan fingerprint density at radius 1 is 1.37 bits per heavy atom. The zero-order valence-corrected chi connectivity index (χ0v) is 12.9. The molecule has 19 heavy (non-hydrogen) atoms. The predicted molar refractivity (Wildman–Crippen MR) is 81.0 cm³/mol. The van der Waals surface area contributed by atoms with E-state index in [9.17, 15) is 4.79 Å². The smallest absolute Gasteiger partial charge is 0.237 e. The van der Waals surface area contributed by atoms with Gasteiger partial charge in [-0.1, -0.05) is 47.0 Å². The van der Waals surface area contributed by atoms with Gasteiger partial charge in [-0.15, -0.1) is 0 Å². The van der Waals surface area contributed by atoms with E-state index in [0.29, 0.717) is 0 Å². The standard InChI is InChI=1S/C15H21BrN2O/c1-11(12-7-4-5-8-13(12)16)18-15(19)14-9-3-2-6-10-17-14/h4-5,7-8,11,14,17H,2-3,6,9-10H2,1H3,(H,18,19)/t11-,14?/m1/s1. The molecule has 1 heterocycles. The lowest BCUT2D eigenvalue weighted by atomic mass is 10.1. The van der Waals surface area contributed by atoms with Gasteiger partial charge in [0.05, 0.1) is 12.1 Å². The van der Waals surface area contributed by atoms with Gasteiger partial charge in [0.2, 0.25) is 5.91 Å². The number of nitrogens with one attached hydrogen (secondary N) is 2. The topological polar surface area (TPSA) is 41.1 Å². The van der Waals surface area contributed by atoms with Crippen LogP contribution in [0.1, 0.15) is 44.2 Å². The Morgan fingerprint density at radius 3 is 2.95 bits per heavy atom. The van der Waals surface area contributed by atoms with E-state index in [1.54, 1.807) is 0 Å². The number of amides is 1.